The molecular formula is C18H26N4O6S. The molecule has 29 heavy (non-hydrogen) atoms. The molecule has 0 bridgehead atoms. The number of nitrogens with one attached hydrogen (secondary N) is 3. The van der Waals surface area contributed by atoms with Crippen molar-refractivity contribution >= 4 is 34.7 Å². The van der Waals surface area contributed by atoms with Gasteiger partial charge in [-0.05, 0) is 13.0 Å². The van der Waals surface area contributed by atoms with E-state index >= 15 is 0 Å². The highest BCUT2D eigenvalue weighted by molar-refractivity contribution is 8.14. The highest BCUT2D eigenvalue weighted by atomic mass is 32.2. The Hall–Kier alpha value is -2.47. The Bertz CT molecular complexity index is 674. The monoisotopic (exact) mass is 426 g/mol. The first-order valence-electron chi connectivity index (χ1n) is 8.95. The van der Waals surface area contributed by atoms with Crippen molar-refractivity contribution in [2.45, 2.75) is 12.6 Å². The number of amides is 2. The van der Waals surface area contributed by atoms with Crippen LogP contribution in [0.3, 0.4) is 0 Å². The summed E-state index contributed by atoms with van der Waals surface area (Å²) in [4.78, 5) is 46.6. The van der Waals surface area contributed by atoms with E-state index in [0.29, 0.717) is 18.5 Å². The van der Waals surface area contributed by atoms with Crippen LogP contribution in [-0.2, 0) is 19.1 Å². The third-order valence-corrected chi connectivity index (χ3v) is 4.28. The number of rotatable bonds is 13. The summed E-state index contributed by atoms with van der Waals surface area (Å²) in [5, 5.41) is 16.7. The SMILES string of the molecule is NCCCOC(=O)CNC(O)CNC(=O)CNC(=O)CSC(=O)c1ccccc1. The first-order chi connectivity index (χ1) is 13.9. The number of nitrogens with two attached hydrogens (primary N) is 1. The molecule has 0 fully saturated rings. The van der Waals surface area contributed by atoms with E-state index in [4.69, 9.17) is 10.5 Å². The number of thioether (sulfide) groups is 1. The number of carbonyl (C=O) groups excluding carboxylic acids is 4. The van der Waals surface area contributed by atoms with Crippen LogP contribution in [0.1, 0.15) is 16.8 Å². The molecule has 0 aliphatic carbocycles. The normalized spacial score (nSPS) is 11.4. The van der Waals surface area contributed by atoms with Gasteiger partial charge in [-0.15, -0.1) is 0 Å². The van der Waals surface area contributed by atoms with Gasteiger partial charge in [0.2, 0.25) is 16.9 Å². The molecule has 6 N–H and O–H groups in total. The first kappa shape index (κ1) is 24.6. The molecule has 1 aromatic carbocycles. The number of ether oxygens (including phenoxy) is 1. The van der Waals surface area contributed by atoms with Gasteiger partial charge in [0.25, 0.3) is 0 Å². The van der Waals surface area contributed by atoms with Gasteiger partial charge in [-0.2, -0.15) is 0 Å². The van der Waals surface area contributed by atoms with Crippen LogP contribution in [0.2, 0.25) is 0 Å². The van der Waals surface area contributed by atoms with Gasteiger partial charge >= 0.3 is 5.97 Å². The molecule has 11 heteroatoms. The first-order valence-corrected chi connectivity index (χ1v) is 9.93. The van der Waals surface area contributed by atoms with E-state index in [-0.39, 0.29) is 37.1 Å². The van der Waals surface area contributed by atoms with Crippen molar-refractivity contribution in [2.24, 2.45) is 5.73 Å². The predicted molar refractivity (Wildman–Crippen MR) is 108 cm³/mol. The standard InChI is InChI=1S/C18H26N4O6S/c19-7-4-8-28-17(26)11-22-15(24)9-20-14(23)10-21-16(25)12-29-18(27)13-5-2-1-3-6-13/h1-3,5-6,15,22,24H,4,7-12,19H2,(H,20,23)(H,21,25). The molecule has 1 unspecified atom stereocenters. The van der Waals surface area contributed by atoms with Crippen molar-refractivity contribution < 1.29 is 29.0 Å². The molecular weight excluding hydrogens is 400 g/mol. The van der Waals surface area contributed by atoms with Gasteiger partial charge in [0.05, 0.1) is 32.0 Å². The zero-order valence-electron chi connectivity index (χ0n) is 15.9. The molecule has 0 heterocycles. The lowest BCUT2D eigenvalue weighted by molar-refractivity contribution is -0.143. The summed E-state index contributed by atoms with van der Waals surface area (Å²) < 4.78 is 4.84. The van der Waals surface area contributed by atoms with Gasteiger partial charge in [-0.25, -0.2) is 0 Å². The van der Waals surface area contributed by atoms with E-state index in [1.165, 1.54) is 0 Å². The lowest BCUT2D eigenvalue weighted by Crippen LogP contribution is -2.45. The van der Waals surface area contributed by atoms with Crippen molar-refractivity contribution in [3.8, 4) is 0 Å². The summed E-state index contributed by atoms with van der Waals surface area (Å²) in [5.41, 5.74) is 5.77. The number of carbonyl (C=O) groups is 4. The fourth-order valence-corrected chi connectivity index (χ4v) is 2.55. The van der Waals surface area contributed by atoms with Crippen molar-refractivity contribution in [3.63, 3.8) is 0 Å². The Morgan fingerprint density at radius 1 is 1.07 bits per heavy atom. The summed E-state index contributed by atoms with van der Waals surface area (Å²) in [5.74, 6) is -1.65. The van der Waals surface area contributed by atoms with E-state index in [0.717, 1.165) is 11.8 Å². The highest BCUT2D eigenvalue weighted by Crippen LogP contribution is 2.11. The molecule has 160 valence electrons. The van der Waals surface area contributed by atoms with Gasteiger partial charge in [-0.1, -0.05) is 42.1 Å². The van der Waals surface area contributed by atoms with Gasteiger partial charge < -0.3 is 26.2 Å². The van der Waals surface area contributed by atoms with Crippen molar-refractivity contribution in [2.75, 3.05) is 38.5 Å². The molecule has 1 rings (SSSR count). The molecule has 0 aromatic heterocycles. The number of hydrogen-bond acceptors (Lipinski definition) is 9. The minimum absolute atomic E-state index is 0.114. The van der Waals surface area contributed by atoms with Gasteiger partial charge in [0.15, 0.2) is 0 Å². The number of benzene rings is 1. The quantitative estimate of drug-likeness (QED) is 0.145. The zero-order chi connectivity index (χ0) is 21.5. The maximum absolute atomic E-state index is 11.9. The van der Waals surface area contributed by atoms with Crippen LogP contribution in [0.5, 0.6) is 0 Å². The summed E-state index contributed by atoms with van der Waals surface area (Å²) in [7, 11) is 0. The lowest BCUT2D eigenvalue weighted by atomic mass is 10.2. The second-order valence-electron chi connectivity index (χ2n) is 5.78. The molecule has 0 saturated carbocycles. The van der Waals surface area contributed by atoms with E-state index in [1.807, 2.05) is 0 Å². The second-order valence-corrected chi connectivity index (χ2v) is 6.73. The average molecular weight is 426 g/mol. The molecule has 2 amide bonds. The Morgan fingerprint density at radius 2 is 1.79 bits per heavy atom. The molecule has 10 nitrogen and oxygen atoms in total. The molecule has 0 aliphatic rings. The minimum Gasteiger partial charge on any atom is -0.465 e. The summed E-state index contributed by atoms with van der Waals surface area (Å²) in [6, 6.07) is 8.55. The largest absolute Gasteiger partial charge is 0.465 e. The van der Waals surface area contributed by atoms with Crippen LogP contribution in [0.25, 0.3) is 0 Å². The number of aliphatic hydroxyl groups excluding tert-OH is 1. The van der Waals surface area contributed by atoms with Crippen molar-refractivity contribution in [1.82, 2.24) is 16.0 Å². The Morgan fingerprint density at radius 3 is 2.48 bits per heavy atom. The van der Waals surface area contributed by atoms with Gasteiger partial charge in [0.1, 0.15) is 6.23 Å². The molecule has 0 radical (unpaired) electrons. The fourth-order valence-electron chi connectivity index (χ4n) is 1.89. The van der Waals surface area contributed by atoms with Crippen molar-refractivity contribution in [1.29, 1.82) is 0 Å². The molecule has 1 aromatic rings. The molecule has 0 saturated heterocycles. The number of esters is 1. The maximum atomic E-state index is 11.9. The van der Waals surface area contributed by atoms with E-state index in [1.54, 1.807) is 30.3 Å². The summed E-state index contributed by atoms with van der Waals surface area (Å²) in [6.45, 7) is -0.0590. The summed E-state index contributed by atoms with van der Waals surface area (Å²) in [6.07, 6.45) is -0.606. The van der Waals surface area contributed by atoms with E-state index in [2.05, 4.69) is 16.0 Å². The Balaban J connectivity index is 2.12. The third-order valence-electron chi connectivity index (χ3n) is 3.38. The van der Waals surface area contributed by atoms with E-state index < -0.39 is 24.0 Å². The number of aliphatic hydroxyl groups is 1. The summed E-state index contributed by atoms with van der Waals surface area (Å²) >= 11 is 0.840. The van der Waals surface area contributed by atoms with Crippen LogP contribution in [0.15, 0.2) is 30.3 Å². The van der Waals surface area contributed by atoms with Crippen LogP contribution >= 0.6 is 11.8 Å². The fraction of sp³-hybridized carbons (Fsp3) is 0.444. The Kier molecular flexibility index (Phi) is 12.3. The Labute approximate surface area is 172 Å². The highest BCUT2D eigenvalue weighted by Gasteiger charge is 2.12. The lowest BCUT2D eigenvalue weighted by Gasteiger charge is -2.13. The van der Waals surface area contributed by atoms with Gasteiger partial charge in [-0.3, -0.25) is 24.5 Å². The molecule has 0 spiro atoms. The number of hydrogen-bond donors (Lipinski definition) is 5. The van der Waals surface area contributed by atoms with Crippen LogP contribution in [0.4, 0.5) is 0 Å². The second kappa shape index (κ2) is 14.5. The topological polar surface area (TPSA) is 160 Å². The molecule has 1 atom stereocenters. The average Bonchev–Trinajstić information content (AvgIpc) is 2.73. The van der Waals surface area contributed by atoms with E-state index in [9.17, 15) is 24.3 Å². The maximum Gasteiger partial charge on any atom is 0.319 e. The predicted octanol–water partition coefficient (Wildman–Crippen LogP) is -1.41. The molecule has 0 aliphatic heterocycles. The van der Waals surface area contributed by atoms with Crippen LogP contribution in [-0.4, -0.2) is 72.8 Å². The van der Waals surface area contributed by atoms with Crippen LogP contribution < -0.4 is 21.7 Å². The minimum atomic E-state index is -1.16. The van der Waals surface area contributed by atoms with Crippen LogP contribution in [0, 0.1) is 0 Å². The zero-order valence-corrected chi connectivity index (χ0v) is 16.7. The smallest absolute Gasteiger partial charge is 0.319 e. The van der Waals surface area contributed by atoms with Gasteiger partial charge in [0, 0.05) is 5.56 Å². The third kappa shape index (κ3) is 11.9. The van der Waals surface area contributed by atoms with Crippen molar-refractivity contribution in [3.05, 3.63) is 35.9 Å².